The van der Waals surface area contributed by atoms with E-state index in [-0.39, 0.29) is 22.4 Å². The van der Waals surface area contributed by atoms with Crippen molar-refractivity contribution in [3.05, 3.63) is 0 Å². The first-order chi connectivity index (χ1) is 2.00. The molecule has 5 heteroatoms. The predicted octanol–water partition coefficient (Wildman–Crippen LogP) is -0.245. The third-order valence-corrected chi connectivity index (χ3v) is 0. The Morgan fingerprint density at radius 2 is 0.800 bits per heavy atom. The van der Waals surface area contributed by atoms with Gasteiger partial charge in [-0.2, -0.15) is 0 Å². The van der Waals surface area contributed by atoms with Crippen LogP contribution in [0.3, 0.4) is 0 Å². The number of hydrogen-bond donors (Lipinski definition) is 0. The summed E-state index contributed by atoms with van der Waals surface area (Å²) in [5, 5.41) is 0. The molecule has 0 aromatic heterocycles. The molecule has 0 rings (SSSR count). The minimum absolute atomic E-state index is 0. The molecular weight excluding hydrogens is 242 g/mol. The fraction of sp³-hybridized carbons (Fsp3) is 0. The van der Waals surface area contributed by atoms with Crippen molar-refractivity contribution >= 4 is 0 Å². The average Bonchev–Trinajstić information content (AvgIpc) is 1.50. The summed E-state index contributed by atoms with van der Waals surface area (Å²) in [5.74, 6) is 0. The summed E-state index contributed by atoms with van der Waals surface area (Å²) in [5.41, 5.74) is 0. The van der Waals surface area contributed by atoms with Crippen LogP contribution in [-0.4, -0.2) is 0 Å². The molecule has 0 bridgehead atoms. The van der Waals surface area contributed by atoms with Gasteiger partial charge in [-0.05, 0) is 0 Å². The molecule has 0 aliphatic rings. The predicted molar refractivity (Wildman–Crippen MR) is 1.37 cm³/mol. The van der Waals surface area contributed by atoms with E-state index in [0.29, 0.717) is 0 Å². The first kappa shape index (κ1) is 16.0. The van der Waals surface area contributed by atoms with E-state index in [9.17, 15) is 0 Å². The molecule has 0 aliphatic heterocycles. The fourth-order valence-corrected chi connectivity index (χ4v) is 0. The summed E-state index contributed by atoms with van der Waals surface area (Å²) >= 11 is 2.12. The Balaban J connectivity index is -0.0000000133. The standard InChI is InChI=1S/Ag.2O.2V. The van der Waals surface area contributed by atoms with Crippen LogP contribution in [0, 0.1) is 0 Å². The van der Waals surface area contributed by atoms with Gasteiger partial charge in [0.05, 0.1) is 0 Å². The molecule has 1 radical (unpaired) electrons. The van der Waals surface area contributed by atoms with Crippen LogP contribution in [0.1, 0.15) is 0 Å². The van der Waals surface area contributed by atoms with E-state index < -0.39 is 0 Å². The van der Waals surface area contributed by atoms with Crippen molar-refractivity contribution < 1.29 is 64.5 Å². The van der Waals surface area contributed by atoms with Gasteiger partial charge in [-0.15, -0.1) is 0 Å². The monoisotopic (exact) mass is 241 g/mol. The molecule has 0 saturated heterocycles. The van der Waals surface area contributed by atoms with Crippen LogP contribution in [-0.2, 0) is 64.5 Å². The molecule has 33 valence electrons. The van der Waals surface area contributed by atoms with Gasteiger partial charge in [0.1, 0.15) is 0 Å². The molecule has 0 heterocycles. The zero-order valence-electron chi connectivity index (χ0n) is 2.01. The SMILES string of the molecule is [Ag].[O]=[V].[O]=[V]. The number of hydrogen-bond acceptors (Lipinski definition) is 2. The Kier molecular flexibility index (Phi) is 158. The Morgan fingerprint density at radius 3 is 0.800 bits per heavy atom. The maximum atomic E-state index is 8.19. The summed E-state index contributed by atoms with van der Waals surface area (Å²) < 4.78 is 16.4. The Hall–Kier alpha value is 1.51. The van der Waals surface area contributed by atoms with E-state index >= 15 is 0 Å². The molecular formula is AgO2V2. The van der Waals surface area contributed by atoms with Crippen LogP contribution in [0.15, 0.2) is 0 Å². The van der Waals surface area contributed by atoms with Crippen molar-refractivity contribution in [3.63, 3.8) is 0 Å². The summed E-state index contributed by atoms with van der Waals surface area (Å²) in [6, 6.07) is 0. The zero-order valence-corrected chi connectivity index (χ0v) is 6.29. The second-order valence-electron chi connectivity index (χ2n) is 0. The molecule has 5 heavy (non-hydrogen) atoms. The third-order valence-electron chi connectivity index (χ3n) is 0. The van der Waals surface area contributed by atoms with Crippen LogP contribution >= 0.6 is 0 Å². The van der Waals surface area contributed by atoms with E-state index in [0.717, 1.165) is 34.7 Å². The molecule has 2 nitrogen and oxygen atoms in total. The maximum absolute atomic E-state index is 8.19. The van der Waals surface area contributed by atoms with Gasteiger partial charge in [0.15, 0.2) is 0 Å². The van der Waals surface area contributed by atoms with Crippen LogP contribution < -0.4 is 0 Å². The minimum atomic E-state index is 0. The van der Waals surface area contributed by atoms with Gasteiger partial charge in [0.2, 0.25) is 0 Å². The van der Waals surface area contributed by atoms with Crippen molar-refractivity contribution in [1.82, 2.24) is 0 Å². The van der Waals surface area contributed by atoms with E-state index in [4.69, 9.17) is 7.35 Å². The van der Waals surface area contributed by atoms with Gasteiger partial charge in [-0.3, -0.25) is 0 Å². The van der Waals surface area contributed by atoms with Crippen LogP contribution in [0.4, 0.5) is 0 Å². The Labute approximate surface area is 64.0 Å². The van der Waals surface area contributed by atoms with Crippen LogP contribution in [0.5, 0.6) is 0 Å². The van der Waals surface area contributed by atoms with Gasteiger partial charge in [-0.25, -0.2) is 0 Å². The molecule has 0 aromatic rings. The Morgan fingerprint density at radius 1 is 0.800 bits per heavy atom. The molecule has 0 fully saturated rings. The second kappa shape index (κ2) is 49.2. The fourth-order valence-electron chi connectivity index (χ4n) is 0. The van der Waals surface area contributed by atoms with Crippen molar-refractivity contribution in [2.75, 3.05) is 0 Å². The normalized spacial score (nSPS) is 1.20. The van der Waals surface area contributed by atoms with Gasteiger partial charge in [0.25, 0.3) is 0 Å². The molecule has 0 spiro atoms. The van der Waals surface area contributed by atoms with Gasteiger partial charge >= 0.3 is 42.1 Å². The van der Waals surface area contributed by atoms with Gasteiger partial charge in [-0.1, -0.05) is 0 Å². The third kappa shape index (κ3) is 29.8. The van der Waals surface area contributed by atoms with E-state index in [1.165, 1.54) is 0 Å². The molecule has 0 N–H and O–H groups in total. The summed E-state index contributed by atoms with van der Waals surface area (Å²) in [6.45, 7) is 0. The molecule has 0 amide bonds. The summed E-state index contributed by atoms with van der Waals surface area (Å²) in [7, 11) is 0. The van der Waals surface area contributed by atoms with Crippen molar-refractivity contribution in [2.24, 2.45) is 0 Å². The molecule has 0 aliphatic carbocycles. The Bertz CT molecular complexity index is 9.61. The van der Waals surface area contributed by atoms with Gasteiger partial charge < -0.3 is 0 Å². The first-order valence-electron chi connectivity index (χ1n) is 0.365. The topological polar surface area (TPSA) is 34.1 Å². The summed E-state index contributed by atoms with van der Waals surface area (Å²) in [6.07, 6.45) is 0. The first-order valence-corrected chi connectivity index (χ1v) is 1.51. The average molecular weight is 242 g/mol. The molecule has 0 unspecified atom stereocenters. The van der Waals surface area contributed by atoms with Crippen LogP contribution in [0.2, 0.25) is 0 Å². The second-order valence-corrected chi connectivity index (χ2v) is 0. The molecule has 0 saturated carbocycles. The van der Waals surface area contributed by atoms with E-state index in [2.05, 4.69) is 0 Å². The summed E-state index contributed by atoms with van der Waals surface area (Å²) in [4.78, 5) is 0. The zero-order chi connectivity index (χ0) is 4.00. The van der Waals surface area contributed by atoms with Crippen molar-refractivity contribution in [3.8, 4) is 0 Å². The van der Waals surface area contributed by atoms with E-state index in [1.807, 2.05) is 0 Å². The van der Waals surface area contributed by atoms with Crippen LogP contribution in [0.25, 0.3) is 0 Å². The quantitative estimate of drug-likeness (QED) is 0.549. The number of rotatable bonds is 0. The van der Waals surface area contributed by atoms with Gasteiger partial charge in [0, 0.05) is 22.4 Å². The van der Waals surface area contributed by atoms with E-state index in [1.54, 1.807) is 0 Å². The van der Waals surface area contributed by atoms with Crippen molar-refractivity contribution in [1.29, 1.82) is 0 Å². The molecule has 0 aromatic carbocycles. The van der Waals surface area contributed by atoms with Crippen molar-refractivity contribution in [2.45, 2.75) is 0 Å². The molecule has 0 atom stereocenters.